The van der Waals surface area contributed by atoms with Gasteiger partial charge in [-0.3, -0.25) is 0 Å². The van der Waals surface area contributed by atoms with Gasteiger partial charge in [0, 0.05) is 23.9 Å². The van der Waals surface area contributed by atoms with Crippen LogP contribution in [-0.2, 0) is 5.41 Å². The number of aromatic nitrogens is 2. The summed E-state index contributed by atoms with van der Waals surface area (Å²) in [5.74, 6) is 0. The van der Waals surface area contributed by atoms with E-state index in [2.05, 4.69) is 59.0 Å². The molecule has 3 nitrogen and oxygen atoms in total. The Bertz CT molecular complexity index is 538. The van der Waals surface area contributed by atoms with Gasteiger partial charge in [0.15, 0.2) is 0 Å². The van der Waals surface area contributed by atoms with Crippen molar-refractivity contribution in [2.45, 2.75) is 31.7 Å². The Kier molecular flexibility index (Phi) is 3.15. The molecule has 19 heavy (non-hydrogen) atoms. The summed E-state index contributed by atoms with van der Waals surface area (Å²) in [7, 11) is 0. The predicted molar refractivity (Wildman–Crippen MR) is 77.3 cm³/mol. The summed E-state index contributed by atoms with van der Waals surface area (Å²) >= 11 is 0. The first kappa shape index (κ1) is 12.4. The third-order valence-corrected chi connectivity index (χ3v) is 4.35. The van der Waals surface area contributed by atoms with Gasteiger partial charge in [-0.05, 0) is 25.5 Å². The number of nitrogens with zero attached hydrogens (tertiary/aromatic N) is 2. The molecule has 1 aromatic carbocycles. The van der Waals surface area contributed by atoms with E-state index in [1.54, 1.807) is 0 Å². The number of nitrogens with one attached hydrogen (secondary N) is 1. The molecule has 0 aliphatic carbocycles. The van der Waals surface area contributed by atoms with Gasteiger partial charge in [-0.1, -0.05) is 37.3 Å². The van der Waals surface area contributed by atoms with Crippen LogP contribution in [0.15, 0.2) is 42.9 Å². The molecule has 3 heteroatoms. The van der Waals surface area contributed by atoms with E-state index in [0.29, 0.717) is 6.04 Å². The van der Waals surface area contributed by atoms with Crippen LogP contribution in [0.4, 0.5) is 0 Å². The molecule has 1 fully saturated rings. The molecule has 2 aromatic rings. The van der Waals surface area contributed by atoms with E-state index in [0.717, 1.165) is 13.1 Å². The van der Waals surface area contributed by atoms with Crippen molar-refractivity contribution in [1.82, 2.24) is 14.9 Å². The number of hydrogen-bond donors (Lipinski definition) is 1. The van der Waals surface area contributed by atoms with E-state index in [9.17, 15) is 0 Å². The summed E-state index contributed by atoms with van der Waals surface area (Å²) in [6.45, 7) is 6.71. The smallest absolute Gasteiger partial charge is 0.0954 e. The van der Waals surface area contributed by atoms with E-state index >= 15 is 0 Å². The summed E-state index contributed by atoms with van der Waals surface area (Å²) in [6, 6.07) is 11.0. The fourth-order valence-corrected chi connectivity index (χ4v) is 3.01. The highest BCUT2D eigenvalue weighted by atomic mass is 15.1. The van der Waals surface area contributed by atoms with Gasteiger partial charge in [0.2, 0.25) is 0 Å². The molecule has 0 amide bonds. The van der Waals surface area contributed by atoms with Crippen molar-refractivity contribution in [1.29, 1.82) is 0 Å². The highest BCUT2D eigenvalue weighted by Crippen LogP contribution is 2.32. The van der Waals surface area contributed by atoms with E-state index in [1.165, 1.54) is 17.7 Å². The molecule has 1 aromatic heterocycles. The highest BCUT2D eigenvalue weighted by Gasteiger charge is 2.34. The minimum Gasteiger partial charge on any atom is -0.327 e. The summed E-state index contributed by atoms with van der Waals surface area (Å²) in [6.07, 6.45) is 5.18. The summed E-state index contributed by atoms with van der Waals surface area (Å²) < 4.78 is 2.32. The molecule has 2 unspecified atom stereocenters. The van der Waals surface area contributed by atoms with Crippen LogP contribution < -0.4 is 5.32 Å². The second-order valence-corrected chi connectivity index (χ2v) is 5.76. The molecule has 1 aliphatic rings. The van der Waals surface area contributed by atoms with Crippen LogP contribution in [0.5, 0.6) is 0 Å². The Hall–Kier alpha value is -1.61. The highest BCUT2D eigenvalue weighted by molar-refractivity contribution is 5.24. The first-order valence-corrected chi connectivity index (χ1v) is 6.99. The van der Waals surface area contributed by atoms with Crippen molar-refractivity contribution in [2.24, 2.45) is 0 Å². The average molecular weight is 255 g/mol. The zero-order valence-corrected chi connectivity index (χ0v) is 11.6. The molecular formula is C16H21N3. The monoisotopic (exact) mass is 255 g/mol. The van der Waals surface area contributed by atoms with E-state index < -0.39 is 0 Å². The van der Waals surface area contributed by atoms with E-state index in [4.69, 9.17) is 0 Å². The predicted octanol–water partition coefficient (Wildman–Crippen LogP) is 2.74. The van der Waals surface area contributed by atoms with Crippen LogP contribution in [-0.4, -0.2) is 22.6 Å². The topological polar surface area (TPSA) is 29.9 Å². The Morgan fingerprint density at radius 1 is 1.32 bits per heavy atom. The van der Waals surface area contributed by atoms with Gasteiger partial charge >= 0.3 is 0 Å². The van der Waals surface area contributed by atoms with Crippen molar-refractivity contribution in [3.8, 4) is 0 Å². The Balaban J connectivity index is 1.96. The van der Waals surface area contributed by atoms with Crippen molar-refractivity contribution >= 4 is 0 Å². The lowest BCUT2D eigenvalue weighted by Crippen LogP contribution is -2.29. The Morgan fingerprint density at radius 3 is 2.79 bits per heavy atom. The SMILES string of the molecule is CC(c1ccccc1)n1cncc1C1(C)CCNC1. The normalized spacial score (nSPS) is 24.5. The van der Waals surface area contributed by atoms with Gasteiger partial charge in [-0.2, -0.15) is 0 Å². The minimum absolute atomic E-state index is 0.208. The molecule has 100 valence electrons. The molecule has 1 aliphatic heterocycles. The van der Waals surface area contributed by atoms with Gasteiger partial charge in [0.25, 0.3) is 0 Å². The van der Waals surface area contributed by atoms with E-state index in [-0.39, 0.29) is 5.41 Å². The van der Waals surface area contributed by atoms with Crippen molar-refractivity contribution in [3.05, 3.63) is 54.1 Å². The van der Waals surface area contributed by atoms with Gasteiger partial charge in [0.05, 0.1) is 12.4 Å². The van der Waals surface area contributed by atoms with Crippen LogP contribution in [0.25, 0.3) is 0 Å². The molecule has 1 saturated heterocycles. The second kappa shape index (κ2) is 4.82. The number of hydrogen-bond acceptors (Lipinski definition) is 2. The number of rotatable bonds is 3. The first-order valence-electron chi connectivity index (χ1n) is 6.99. The fourth-order valence-electron chi connectivity index (χ4n) is 3.01. The Labute approximate surface area is 114 Å². The summed E-state index contributed by atoms with van der Waals surface area (Å²) in [5.41, 5.74) is 2.88. The maximum atomic E-state index is 4.39. The Morgan fingerprint density at radius 2 is 2.11 bits per heavy atom. The maximum absolute atomic E-state index is 4.39. The fraction of sp³-hybridized carbons (Fsp3) is 0.438. The standard InChI is InChI=1S/C16H21N3/c1-13(14-6-4-3-5-7-14)19-12-18-10-15(19)16(2)8-9-17-11-16/h3-7,10,12-13,17H,8-9,11H2,1-2H3. The molecule has 1 N–H and O–H groups in total. The average Bonchev–Trinajstić information content (AvgIpc) is 3.08. The first-order chi connectivity index (χ1) is 9.21. The lowest BCUT2D eigenvalue weighted by Gasteiger charge is -2.27. The third-order valence-electron chi connectivity index (χ3n) is 4.35. The summed E-state index contributed by atoms with van der Waals surface area (Å²) in [5, 5.41) is 3.47. The number of imidazole rings is 1. The third kappa shape index (κ3) is 2.19. The molecule has 0 bridgehead atoms. The van der Waals surface area contributed by atoms with Crippen molar-refractivity contribution in [2.75, 3.05) is 13.1 Å². The van der Waals surface area contributed by atoms with Gasteiger partial charge in [0.1, 0.15) is 0 Å². The lowest BCUT2D eigenvalue weighted by atomic mass is 9.86. The van der Waals surface area contributed by atoms with Crippen molar-refractivity contribution in [3.63, 3.8) is 0 Å². The van der Waals surface area contributed by atoms with Crippen LogP contribution in [0.3, 0.4) is 0 Å². The quantitative estimate of drug-likeness (QED) is 0.914. The molecular weight excluding hydrogens is 234 g/mol. The molecule has 0 radical (unpaired) electrons. The molecule has 2 atom stereocenters. The van der Waals surface area contributed by atoms with Crippen LogP contribution >= 0.6 is 0 Å². The van der Waals surface area contributed by atoms with Gasteiger partial charge in [-0.25, -0.2) is 4.98 Å². The van der Waals surface area contributed by atoms with Gasteiger partial charge in [-0.15, -0.1) is 0 Å². The number of benzene rings is 1. The lowest BCUT2D eigenvalue weighted by molar-refractivity contribution is 0.460. The molecule has 0 saturated carbocycles. The summed E-state index contributed by atoms with van der Waals surface area (Å²) in [4.78, 5) is 4.39. The molecule has 0 spiro atoms. The van der Waals surface area contributed by atoms with Crippen molar-refractivity contribution < 1.29 is 0 Å². The second-order valence-electron chi connectivity index (χ2n) is 5.76. The maximum Gasteiger partial charge on any atom is 0.0954 e. The molecule has 2 heterocycles. The van der Waals surface area contributed by atoms with Crippen LogP contribution in [0.1, 0.15) is 37.6 Å². The zero-order chi connectivity index (χ0) is 13.3. The van der Waals surface area contributed by atoms with Gasteiger partial charge < -0.3 is 9.88 Å². The van der Waals surface area contributed by atoms with E-state index in [1.807, 2.05) is 12.5 Å². The largest absolute Gasteiger partial charge is 0.327 e. The molecule has 3 rings (SSSR count). The van der Waals surface area contributed by atoms with Crippen LogP contribution in [0, 0.1) is 0 Å². The zero-order valence-electron chi connectivity index (χ0n) is 11.6. The minimum atomic E-state index is 0.208. The van der Waals surface area contributed by atoms with Crippen LogP contribution in [0.2, 0.25) is 0 Å².